The Bertz CT molecular complexity index is 702. The SMILES string of the molecule is C[C@@H]1CN(Cc2cn(CC(N)=O)nn2)c2cccc(Cl)c2O1. The molecule has 116 valence electrons. The van der Waals surface area contributed by atoms with Crippen LogP contribution in [0.3, 0.4) is 0 Å². The number of halogens is 1. The van der Waals surface area contributed by atoms with Crippen molar-refractivity contribution < 1.29 is 9.53 Å². The average Bonchev–Trinajstić information content (AvgIpc) is 2.86. The molecule has 0 saturated heterocycles. The summed E-state index contributed by atoms with van der Waals surface area (Å²) in [7, 11) is 0. The highest BCUT2D eigenvalue weighted by atomic mass is 35.5. The summed E-state index contributed by atoms with van der Waals surface area (Å²) in [6.07, 6.45) is 1.74. The molecule has 1 aliphatic rings. The number of fused-ring (bicyclic) bond motifs is 1. The first-order valence-electron chi connectivity index (χ1n) is 6.90. The molecule has 0 radical (unpaired) electrons. The largest absolute Gasteiger partial charge is 0.485 e. The molecule has 0 spiro atoms. The van der Waals surface area contributed by atoms with Gasteiger partial charge in [0, 0.05) is 0 Å². The molecule has 2 N–H and O–H groups in total. The molecule has 2 aromatic rings. The van der Waals surface area contributed by atoms with Crippen molar-refractivity contribution in [1.82, 2.24) is 15.0 Å². The minimum Gasteiger partial charge on any atom is -0.485 e. The van der Waals surface area contributed by atoms with E-state index in [2.05, 4.69) is 15.2 Å². The smallest absolute Gasteiger partial charge is 0.239 e. The molecule has 1 aromatic carbocycles. The number of ether oxygens (including phenoxy) is 1. The lowest BCUT2D eigenvalue weighted by molar-refractivity contribution is -0.118. The number of primary amides is 1. The molecule has 8 heteroatoms. The van der Waals surface area contributed by atoms with Gasteiger partial charge < -0.3 is 15.4 Å². The number of rotatable bonds is 4. The number of nitrogens with two attached hydrogens (primary N) is 1. The summed E-state index contributed by atoms with van der Waals surface area (Å²) < 4.78 is 7.24. The summed E-state index contributed by atoms with van der Waals surface area (Å²) >= 11 is 6.20. The van der Waals surface area contributed by atoms with Gasteiger partial charge in [0.2, 0.25) is 5.91 Å². The topological polar surface area (TPSA) is 86.3 Å². The molecule has 1 atom stereocenters. The van der Waals surface area contributed by atoms with Gasteiger partial charge in [-0.05, 0) is 19.1 Å². The van der Waals surface area contributed by atoms with Gasteiger partial charge in [-0.2, -0.15) is 0 Å². The second kappa shape index (κ2) is 5.84. The van der Waals surface area contributed by atoms with Crippen molar-refractivity contribution in [3.63, 3.8) is 0 Å². The third kappa shape index (κ3) is 2.99. The Hall–Kier alpha value is -2.28. The average molecular weight is 322 g/mol. The minimum absolute atomic E-state index is 0.0214. The summed E-state index contributed by atoms with van der Waals surface area (Å²) in [5, 5.41) is 8.56. The zero-order valence-electron chi connectivity index (χ0n) is 12.1. The van der Waals surface area contributed by atoms with Crippen LogP contribution in [0.5, 0.6) is 5.75 Å². The molecular weight excluding hydrogens is 306 g/mol. The van der Waals surface area contributed by atoms with Gasteiger partial charge in [0.25, 0.3) is 0 Å². The summed E-state index contributed by atoms with van der Waals surface area (Å²) in [5.74, 6) is 0.237. The van der Waals surface area contributed by atoms with Crippen LogP contribution >= 0.6 is 11.6 Å². The molecule has 2 heterocycles. The van der Waals surface area contributed by atoms with E-state index < -0.39 is 5.91 Å². The van der Waals surface area contributed by atoms with Gasteiger partial charge in [0.05, 0.1) is 30.0 Å². The monoisotopic (exact) mass is 321 g/mol. The van der Waals surface area contributed by atoms with Crippen molar-refractivity contribution in [2.75, 3.05) is 11.4 Å². The van der Waals surface area contributed by atoms with Gasteiger partial charge in [-0.1, -0.05) is 22.9 Å². The van der Waals surface area contributed by atoms with Gasteiger partial charge in [-0.25, -0.2) is 4.68 Å². The first-order chi connectivity index (χ1) is 10.5. The first-order valence-corrected chi connectivity index (χ1v) is 7.28. The zero-order valence-corrected chi connectivity index (χ0v) is 12.8. The van der Waals surface area contributed by atoms with E-state index >= 15 is 0 Å². The number of carbonyl (C=O) groups excluding carboxylic acids is 1. The Morgan fingerprint density at radius 2 is 2.36 bits per heavy atom. The second-order valence-electron chi connectivity index (χ2n) is 5.27. The van der Waals surface area contributed by atoms with Gasteiger partial charge in [0.15, 0.2) is 5.75 Å². The number of carbonyl (C=O) groups is 1. The van der Waals surface area contributed by atoms with E-state index in [1.54, 1.807) is 12.3 Å². The summed E-state index contributed by atoms with van der Waals surface area (Å²) in [5.41, 5.74) is 6.82. The lowest BCUT2D eigenvalue weighted by atomic mass is 10.2. The van der Waals surface area contributed by atoms with E-state index in [1.165, 1.54) is 4.68 Å². The highest BCUT2D eigenvalue weighted by Crippen LogP contribution is 2.39. The third-order valence-corrected chi connectivity index (χ3v) is 3.64. The van der Waals surface area contributed by atoms with Crippen molar-refractivity contribution in [2.45, 2.75) is 26.1 Å². The fourth-order valence-corrected chi connectivity index (χ4v) is 2.72. The van der Waals surface area contributed by atoms with Crippen molar-refractivity contribution in [2.24, 2.45) is 5.73 Å². The highest BCUT2D eigenvalue weighted by Gasteiger charge is 2.25. The van der Waals surface area contributed by atoms with Crippen LogP contribution in [0.25, 0.3) is 0 Å². The van der Waals surface area contributed by atoms with Crippen LogP contribution in [0, 0.1) is 0 Å². The molecule has 7 nitrogen and oxygen atoms in total. The molecule has 3 rings (SSSR count). The summed E-state index contributed by atoms with van der Waals surface area (Å²) in [6.45, 7) is 3.29. The van der Waals surface area contributed by atoms with Gasteiger partial charge in [0.1, 0.15) is 18.3 Å². The van der Waals surface area contributed by atoms with Gasteiger partial charge >= 0.3 is 0 Å². The van der Waals surface area contributed by atoms with Crippen LogP contribution in [0.4, 0.5) is 5.69 Å². The van der Waals surface area contributed by atoms with Gasteiger partial charge in [-0.15, -0.1) is 5.10 Å². The number of hydrogen-bond acceptors (Lipinski definition) is 5. The Morgan fingerprint density at radius 1 is 1.55 bits per heavy atom. The van der Waals surface area contributed by atoms with E-state index in [0.717, 1.165) is 17.9 Å². The predicted octanol–water partition coefficient (Wildman–Crippen LogP) is 1.20. The van der Waals surface area contributed by atoms with E-state index in [0.29, 0.717) is 17.3 Å². The van der Waals surface area contributed by atoms with Crippen molar-refractivity contribution in [1.29, 1.82) is 0 Å². The zero-order chi connectivity index (χ0) is 15.7. The Labute approximate surface area is 132 Å². The Morgan fingerprint density at radius 3 is 3.14 bits per heavy atom. The van der Waals surface area contributed by atoms with Crippen LogP contribution in [0.15, 0.2) is 24.4 Å². The Balaban J connectivity index is 1.82. The number of hydrogen-bond donors (Lipinski definition) is 1. The maximum absolute atomic E-state index is 10.9. The summed E-state index contributed by atoms with van der Waals surface area (Å²) in [4.78, 5) is 13.0. The highest BCUT2D eigenvalue weighted by molar-refractivity contribution is 6.32. The van der Waals surface area contributed by atoms with Crippen LogP contribution in [0.2, 0.25) is 5.02 Å². The fourth-order valence-electron chi connectivity index (χ4n) is 2.50. The molecule has 22 heavy (non-hydrogen) atoms. The maximum Gasteiger partial charge on any atom is 0.239 e. The molecule has 0 bridgehead atoms. The quantitative estimate of drug-likeness (QED) is 0.914. The van der Waals surface area contributed by atoms with Crippen LogP contribution in [-0.4, -0.2) is 33.5 Å². The van der Waals surface area contributed by atoms with E-state index in [1.807, 2.05) is 19.1 Å². The van der Waals surface area contributed by atoms with E-state index in [9.17, 15) is 4.79 Å². The predicted molar refractivity (Wildman–Crippen MR) is 81.8 cm³/mol. The molecule has 1 aromatic heterocycles. The molecule has 0 fully saturated rings. The van der Waals surface area contributed by atoms with E-state index in [-0.39, 0.29) is 12.6 Å². The van der Waals surface area contributed by atoms with Gasteiger partial charge in [-0.3, -0.25) is 4.79 Å². The number of aromatic nitrogens is 3. The van der Waals surface area contributed by atoms with Crippen molar-refractivity contribution in [3.8, 4) is 5.75 Å². The number of para-hydroxylation sites is 1. The fraction of sp³-hybridized carbons (Fsp3) is 0.357. The number of benzene rings is 1. The third-order valence-electron chi connectivity index (χ3n) is 3.34. The maximum atomic E-state index is 10.9. The first kappa shape index (κ1) is 14.6. The lowest BCUT2D eigenvalue weighted by Crippen LogP contribution is -2.38. The lowest BCUT2D eigenvalue weighted by Gasteiger charge is -2.34. The normalized spacial score (nSPS) is 17.0. The molecule has 1 aliphatic heterocycles. The number of anilines is 1. The van der Waals surface area contributed by atoms with Crippen LogP contribution in [0.1, 0.15) is 12.6 Å². The number of amides is 1. The molecule has 0 unspecified atom stereocenters. The van der Waals surface area contributed by atoms with Crippen molar-refractivity contribution >= 4 is 23.2 Å². The molecule has 0 saturated carbocycles. The second-order valence-corrected chi connectivity index (χ2v) is 5.68. The number of nitrogens with zero attached hydrogens (tertiary/aromatic N) is 4. The standard InChI is InChI=1S/C14H16ClN5O2/c1-9-5-19(12-4-2-3-11(15)14(12)22-9)6-10-7-20(18-17-10)8-13(16)21/h2-4,7,9H,5-6,8H2,1H3,(H2,16,21)/t9-/m1/s1. The van der Waals surface area contributed by atoms with E-state index in [4.69, 9.17) is 22.1 Å². The minimum atomic E-state index is -0.450. The molecule has 1 amide bonds. The summed E-state index contributed by atoms with van der Waals surface area (Å²) in [6, 6.07) is 5.65. The van der Waals surface area contributed by atoms with Crippen molar-refractivity contribution in [3.05, 3.63) is 35.1 Å². The molecular formula is C14H16ClN5O2. The molecule has 0 aliphatic carbocycles. The Kier molecular flexibility index (Phi) is 3.89. The van der Waals surface area contributed by atoms with Crippen LogP contribution < -0.4 is 15.4 Å². The van der Waals surface area contributed by atoms with Crippen LogP contribution in [-0.2, 0) is 17.9 Å².